The zero-order valence-electron chi connectivity index (χ0n) is 24.0. The van der Waals surface area contributed by atoms with E-state index < -0.39 is 0 Å². The highest BCUT2D eigenvalue weighted by Crippen LogP contribution is 2.61. The van der Waals surface area contributed by atoms with Crippen molar-refractivity contribution >= 4 is 40.8 Å². The summed E-state index contributed by atoms with van der Waals surface area (Å²) in [6.07, 6.45) is 3.22. The fourth-order valence-electron chi connectivity index (χ4n) is 7.52. The number of anilines is 1. The summed E-state index contributed by atoms with van der Waals surface area (Å²) in [4.78, 5) is 22.9. The highest BCUT2D eigenvalue weighted by molar-refractivity contribution is 6.35. The Hall–Kier alpha value is -2.28. The van der Waals surface area contributed by atoms with E-state index in [2.05, 4.69) is 49.3 Å². The number of guanidine groups is 1. The molecule has 0 radical (unpaired) electrons. The number of carbonyl (C=O) groups is 1. The van der Waals surface area contributed by atoms with Gasteiger partial charge in [-0.2, -0.15) is 0 Å². The monoisotopic (exact) mass is 581 g/mol. The van der Waals surface area contributed by atoms with Gasteiger partial charge in [-0.05, 0) is 90.8 Å². The predicted molar refractivity (Wildman–Crippen MR) is 164 cm³/mol. The van der Waals surface area contributed by atoms with Crippen LogP contribution in [0, 0.1) is 23.2 Å². The van der Waals surface area contributed by atoms with Crippen molar-refractivity contribution in [2.45, 2.75) is 65.6 Å². The third-order valence-electron chi connectivity index (χ3n) is 10.2. The van der Waals surface area contributed by atoms with E-state index in [9.17, 15) is 4.79 Å². The molecule has 1 unspecified atom stereocenters. The zero-order valence-corrected chi connectivity index (χ0v) is 25.5. The number of nitrogens with zero attached hydrogens (tertiary/aromatic N) is 3. The number of piperazine rings is 1. The molecule has 1 amide bonds. The quantitative estimate of drug-likeness (QED) is 0.320. The van der Waals surface area contributed by atoms with Crippen molar-refractivity contribution in [3.8, 4) is 0 Å². The summed E-state index contributed by atoms with van der Waals surface area (Å²) in [5.41, 5.74) is 4.28. The first-order chi connectivity index (χ1) is 19.1. The van der Waals surface area contributed by atoms with Crippen LogP contribution in [0.2, 0.25) is 10.0 Å². The van der Waals surface area contributed by atoms with Crippen LogP contribution in [0.15, 0.2) is 41.4 Å². The molecule has 8 heteroatoms. The van der Waals surface area contributed by atoms with Gasteiger partial charge in [-0.25, -0.2) is 4.99 Å². The lowest BCUT2D eigenvalue weighted by atomic mass is 9.45. The Morgan fingerprint density at radius 3 is 2.70 bits per heavy atom. The molecule has 2 aromatic carbocycles. The van der Waals surface area contributed by atoms with Crippen LogP contribution in [0.5, 0.6) is 0 Å². The highest BCUT2D eigenvalue weighted by atomic mass is 35.5. The van der Waals surface area contributed by atoms with Crippen molar-refractivity contribution in [1.29, 1.82) is 0 Å². The topological polar surface area (TPSA) is 60.0 Å². The summed E-state index contributed by atoms with van der Waals surface area (Å²) in [6.45, 7) is 13.5. The largest absolute Gasteiger partial charge is 0.340 e. The maximum absolute atomic E-state index is 13.2. The molecule has 4 fully saturated rings. The van der Waals surface area contributed by atoms with Crippen molar-refractivity contribution in [3.63, 3.8) is 0 Å². The number of fused-ring (bicyclic) bond motifs is 3. The van der Waals surface area contributed by atoms with Crippen LogP contribution in [-0.2, 0) is 13.0 Å². The minimum atomic E-state index is 0.0781. The van der Waals surface area contributed by atoms with Gasteiger partial charge < -0.3 is 20.4 Å². The second-order valence-corrected chi connectivity index (χ2v) is 13.8. The third kappa shape index (κ3) is 5.23. The van der Waals surface area contributed by atoms with E-state index in [-0.39, 0.29) is 5.91 Å². The van der Waals surface area contributed by atoms with Crippen LogP contribution >= 0.6 is 23.2 Å². The molecule has 0 aromatic heterocycles. The number of nitrogens with one attached hydrogen (secondary N) is 2. The lowest BCUT2D eigenvalue weighted by Crippen LogP contribution is -2.57. The SMILES string of the molecule is C[C@@H]1C(N=C(Nc2ccc3c(c2)CN(CCc2ccc(Cl)cc2Cl)C3=O)N2CCN[C@@H](C)C2)C[C@H]2C[C@@H]1C2(C)C. The van der Waals surface area contributed by atoms with Crippen molar-refractivity contribution in [2.24, 2.45) is 28.2 Å². The van der Waals surface area contributed by atoms with Gasteiger partial charge in [0, 0.05) is 60.1 Å². The van der Waals surface area contributed by atoms with Gasteiger partial charge in [-0.3, -0.25) is 4.79 Å². The Bertz CT molecular complexity index is 1330. The molecule has 214 valence electrons. The third-order valence-corrected chi connectivity index (χ3v) is 10.8. The molecule has 3 aliphatic carbocycles. The van der Waals surface area contributed by atoms with E-state index in [0.29, 0.717) is 53.0 Å². The molecular weight excluding hydrogens is 541 g/mol. The summed E-state index contributed by atoms with van der Waals surface area (Å²) in [7, 11) is 0. The Labute approximate surface area is 248 Å². The van der Waals surface area contributed by atoms with E-state index in [1.165, 1.54) is 12.8 Å². The summed E-state index contributed by atoms with van der Waals surface area (Å²) >= 11 is 12.4. The second-order valence-electron chi connectivity index (χ2n) is 13.0. The summed E-state index contributed by atoms with van der Waals surface area (Å²) in [5.74, 6) is 3.16. The van der Waals surface area contributed by atoms with Crippen LogP contribution in [0.25, 0.3) is 0 Å². The first kappa shape index (κ1) is 27.9. The zero-order chi connectivity index (χ0) is 28.2. The average molecular weight is 583 g/mol. The van der Waals surface area contributed by atoms with Crippen molar-refractivity contribution in [3.05, 3.63) is 63.1 Å². The first-order valence-corrected chi connectivity index (χ1v) is 15.5. The maximum Gasteiger partial charge on any atom is 0.254 e. The number of hydrogen-bond acceptors (Lipinski definition) is 3. The van der Waals surface area contributed by atoms with Crippen LogP contribution in [0.1, 0.15) is 62.0 Å². The summed E-state index contributed by atoms with van der Waals surface area (Å²) in [6, 6.07) is 12.4. The molecule has 2 aliphatic heterocycles. The number of carbonyl (C=O) groups excluding carboxylic acids is 1. The van der Waals surface area contributed by atoms with Gasteiger partial charge in [-0.15, -0.1) is 0 Å². The van der Waals surface area contributed by atoms with Gasteiger partial charge >= 0.3 is 0 Å². The molecule has 2 heterocycles. The van der Waals surface area contributed by atoms with Gasteiger partial charge in [0.15, 0.2) is 5.96 Å². The molecular formula is C32H41Cl2N5O. The Morgan fingerprint density at radius 2 is 1.98 bits per heavy atom. The molecule has 5 atom stereocenters. The van der Waals surface area contributed by atoms with Gasteiger partial charge in [0.2, 0.25) is 0 Å². The van der Waals surface area contributed by atoms with E-state index in [0.717, 1.165) is 59.8 Å². The molecule has 0 spiro atoms. The number of hydrogen-bond donors (Lipinski definition) is 2. The van der Waals surface area contributed by atoms with Crippen molar-refractivity contribution in [1.82, 2.24) is 15.1 Å². The lowest BCUT2D eigenvalue weighted by molar-refractivity contribution is -0.108. The number of amides is 1. The minimum absolute atomic E-state index is 0.0781. The standard InChI is InChI=1S/C32H41Cl2N5O/c1-19-17-39(12-10-35-19)31(37-29-15-23-14-27(20(29)2)32(23,3)4)36-25-7-8-26-22(13-25)18-38(30(26)40)11-9-21-5-6-24(33)16-28(21)34/h5-8,13,16,19-20,23,27,29,35H,9-12,14-15,17-18H2,1-4H3,(H,36,37)/t19-,20-,23+,27-,29?/m0/s1. The van der Waals surface area contributed by atoms with Crippen LogP contribution < -0.4 is 10.6 Å². The molecule has 6 nitrogen and oxygen atoms in total. The number of aliphatic imine (C=N–C) groups is 1. The van der Waals surface area contributed by atoms with Crippen molar-refractivity contribution < 1.29 is 4.79 Å². The van der Waals surface area contributed by atoms with Crippen molar-refractivity contribution in [2.75, 3.05) is 31.5 Å². The number of halogens is 2. The van der Waals surface area contributed by atoms with Gasteiger partial charge in [0.25, 0.3) is 5.91 Å². The Morgan fingerprint density at radius 1 is 1.15 bits per heavy atom. The van der Waals surface area contributed by atoms with Gasteiger partial charge in [0.05, 0.1) is 6.04 Å². The van der Waals surface area contributed by atoms with E-state index in [4.69, 9.17) is 28.2 Å². The average Bonchev–Trinajstić information content (AvgIpc) is 3.23. The maximum atomic E-state index is 13.2. The van der Waals surface area contributed by atoms with E-state index in [1.807, 2.05) is 29.2 Å². The fourth-order valence-corrected chi connectivity index (χ4v) is 8.02. The van der Waals surface area contributed by atoms with E-state index in [1.54, 1.807) is 6.07 Å². The molecule has 1 saturated heterocycles. The normalized spacial score (nSPS) is 29.3. The molecule has 3 saturated carbocycles. The minimum Gasteiger partial charge on any atom is -0.340 e. The predicted octanol–water partition coefficient (Wildman–Crippen LogP) is 6.32. The fraction of sp³-hybridized carbons (Fsp3) is 0.562. The van der Waals surface area contributed by atoms with Gasteiger partial charge in [-0.1, -0.05) is 50.0 Å². The Kier molecular flexibility index (Phi) is 7.56. The highest BCUT2D eigenvalue weighted by Gasteiger charge is 2.56. The van der Waals surface area contributed by atoms with Crippen LogP contribution in [0.4, 0.5) is 5.69 Å². The molecule has 2 aromatic rings. The number of rotatable bonds is 5. The van der Waals surface area contributed by atoms with Crippen LogP contribution in [-0.4, -0.2) is 59.9 Å². The molecule has 2 N–H and O–H groups in total. The molecule has 7 rings (SSSR count). The van der Waals surface area contributed by atoms with Gasteiger partial charge in [0.1, 0.15) is 0 Å². The Balaban J connectivity index is 1.18. The van der Waals surface area contributed by atoms with Crippen LogP contribution in [0.3, 0.4) is 0 Å². The summed E-state index contributed by atoms with van der Waals surface area (Å²) < 4.78 is 0. The molecule has 2 bridgehead atoms. The lowest BCUT2D eigenvalue weighted by Gasteiger charge is -2.61. The second kappa shape index (κ2) is 10.8. The molecule has 40 heavy (non-hydrogen) atoms. The number of benzene rings is 2. The summed E-state index contributed by atoms with van der Waals surface area (Å²) in [5, 5.41) is 8.53. The molecule has 5 aliphatic rings. The smallest absolute Gasteiger partial charge is 0.254 e. The van der Waals surface area contributed by atoms with E-state index >= 15 is 0 Å². The first-order valence-electron chi connectivity index (χ1n) is 14.8.